The predicted molar refractivity (Wildman–Crippen MR) is 82.5 cm³/mol. The highest BCUT2D eigenvalue weighted by Crippen LogP contribution is 2.13. The molecule has 0 aromatic heterocycles. The monoisotopic (exact) mass is 260 g/mol. The van der Waals surface area contributed by atoms with Gasteiger partial charge in [0.1, 0.15) is 0 Å². The van der Waals surface area contributed by atoms with Crippen LogP contribution in [0.25, 0.3) is 0 Å². The van der Waals surface area contributed by atoms with Crippen molar-refractivity contribution in [1.82, 2.24) is 10.2 Å². The summed E-state index contributed by atoms with van der Waals surface area (Å²) < 4.78 is 0. The van der Waals surface area contributed by atoms with Crippen molar-refractivity contribution in [1.29, 1.82) is 0 Å². The first kappa shape index (κ1) is 14.5. The van der Waals surface area contributed by atoms with Crippen molar-refractivity contribution < 1.29 is 0 Å². The van der Waals surface area contributed by atoms with Crippen LogP contribution in [0.1, 0.15) is 42.9 Å². The van der Waals surface area contributed by atoms with E-state index in [1.807, 2.05) is 0 Å². The quantitative estimate of drug-likeness (QED) is 0.874. The Labute approximate surface area is 118 Å². The van der Waals surface area contributed by atoms with Gasteiger partial charge < -0.3 is 5.32 Å². The second-order valence-electron chi connectivity index (χ2n) is 5.94. The summed E-state index contributed by atoms with van der Waals surface area (Å²) in [4.78, 5) is 2.62. The summed E-state index contributed by atoms with van der Waals surface area (Å²) in [6.07, 6.45) is 4.17. The number of benzene rings is 1. The Morgan fingerprint density at radius 3 is 2.63 bits per heavy atom. The molecule has 2 rings (SSSR count). The maximum Gasteiger partial charge on any atom is 0.0208 e. The van der Waals surface area contributed by atoms with Crippen molar-refractivity contribution in [3.05, 3.63) is 34.9 Å². The summed E-state index contributed by atoms with van der Waals surface area (Å²) in [5.74, 6) is 0. The van der Waals surface area contributed by atoms with Crippen LogP contribution >= 0.6 is 0 Å². The van der Waals surface area contributed by atoms with Crippen molar-refractivity contribution >= 4 is 0 Å². The van der Waals surface area contributed by atoms with Gasteiger partial charge in [-0.15, -0.1) is 0 Å². The van der Waals surface area contributed by atoms with Crippen LogP contribution in [0.4, 0.5) is 0 Å². The molecule has 0 saturated carbocycles. The highest BCUT2D eigenvalue weighted by molar-refractivity contribution is 5.32. The van der Waals surface area contributed by atoms with Gasteiger partial charge in [0.25, 0.3) is 0 Å². The molecule has 0 radical (unpaired) electrons. The SMILES string of the molecule is Cc1cccc(CNCC(C)N2CCCCC2)c1C. The number of rotatable bonds is 5. The second-order valence-corrected chi connectivity index (χ2v) is 5.94. The van der Waals surface area contributed by atoms with Crippen molar-refractivity contribution in [2.24, 2.45) is 0 Å². The third-order valence-corrected chi connectivity index (χ3v) is 4.49. The fraction of sp³-hybridized carbons (Fsp3) is 0.647. The van der Waals surface area contributed by atoms with Crippen LogP contribution in [0.5, 0.6) is 0 Å². The molecule has 1 saturated heterocycles. The molecule has 19 heavy (non-hydrogen) atoms. The van der Waals surface area contributed by atoms with Gasteiger partial charge in [0.15, 0.2) is 0 Å². The Kier molecular flexibility index (Phi) is 5.41. The van der Waals surface area contributed by atoms with E-state index < -0.39 is 0 Å². The molecule has 1 unspecified atom stereocenters. The third kappa shape index (κ3) is 4.05. The molecule has 1 aromatic rings. The lowest BCUT2D eigenvalue weighted by atomic mass is 10.0. The largest absolute Gasteiger partial charge is 0.311 e. The summed E-state index contributed by atoms with van der Waals surface area (Å²) >= 11 is 0. The lowest BCUT2D eigenvalue weighted by Gasteiger charge is -2.32. The van der Waals surface area contributed by atoms with Gasteiger partial charge in [0.05, 0.1) is 0 Å². The second kappa shape index (κ2) is 7.06. The zero-order valence-corrected chi connectivity index (χ0v) is 12.7. The van der Waals surface area contributed by atoms with Crippen molar-refractivity contribution in [3.63, 3.8) is 0 Å². The van der Waals surface area contributed by atoms with Crippen molar-refractivity contribution in [2.45, 2.75) is 52.6 Å². The predicted octanol–water partition coefficient (Wildman–Crippen LogP) is 3.27. The van der Waals surface area contributed by atoms with Crippen LogP contribution < -0.4 is 5.32 Å². The van der Waals surface area contributed by atoms with Crippen molar-refractivity contribution in [3.8, 4) is 0 Å². The fourth-order valence-corrected chi connectivity index (χ4v) is 2.91. The Morgan fingerprint density at radius 1 is 1.16 bits per heavy atom. The minimum absolute atomic E-state index is 0.658. The van der Waals surface area contributed by atoms with E-state index in [9.17, 15) is 0 Å². The first-order chi connectivity index (χ1) is 9.18. The van der Waals surface area contributed by atoms with Gasteiger partial charge in [0, 0.05) is 19.1 Å². The highest BCUT2D eigenvalue weighted by atomic mass is 15.2. The van der Waals surface area contributed by atoms with Gasteiger partial charge in [0.2, 0.25) is 0 Å². The lowest BCUT2D eigenvalue weighted by molar-refractivity contribution is 0.170. The molecule has 1 N–H and O–H groups in total. The maximum absolute atomic E-state index is 3.63. The number of hydrogen-bond acceptors (Lipinski definition) is 2. The normalized spacial score (nSPS) is 18.5. The number of aryl methyl sites for hydroxylation is 1. The van der Waals surface area contributed by atoms with Crippen LogP contribution in [-0.2, 0) is 6.54 Å². The zero-order chi connectivity index (χ0) is 13.7. The molecule has 0 aliphatic carbocycles. The molecule has 0 amide bonds. The Bertz CT molecular complexity index is 394. The average molecular weight is 260 g/mol. The van der Waals surface area contributed by atoms with Gasteiger partial charge in [-0.2, -0.15) is 0 Å². The van der Waals surface area contributed by atoms with Crippen LogP contribution in [0.2, 0.25) is 0 Å². The molecule has 1 fully saturated rings. The Balaban J connectivity index is 1.78. The summed E-state index contributed by atoms with van der Waals surface area (Å²) in [6.45, 7) is 11.4. The summed E-state index contributed by atoms with van der Waals surface area (Å²) in [5.41, 5.74) is 4.26. The topological polar surface area (TPSA) is 15.3 Å². The van der Waals surface area contributed by atoms with Crippen molar-refractivity contribution in [2.75, 3.05) is 19.6 Å². The van der Waals surface area contributed by atoms with E-state index >= 15 is 0 Å². The Hall–Kier alpha value is -0.860. The molecule has 2 heteroatoms. The molecule has 106 valence electrons. The van der Waals surface area contributed by atoms with E-state index in [0.29, 0.717) is 6.04 Å². The van der Waals surface area contributed by atoms with E-state index in [1.165, 1.54) is 49.0 Å². The van der Waals surface area contributed by atoms with Gasteiger partial charge >= 0.3 is 0 Å². The van der Waals surface area contributed by atoms with Gasteiger partial charge in [-0.25, -0.2) is 0 Å². The molecule has 1 aliphatic heterocycles. The average Bonchev–Trinajstić information content (AvgIpc) is 2.44. The van der Waals surface area contributed by atoms with E-state index in [2.05, 4.69) is 49.2 Å². The first-order valence-corrected chi connectivity index (χ1v) is 7.68. The molecular formula is C17H28N2. The molecule has 0 bridgehead atoms. The van der Waals surface area contributed by atoms with E-state index in [1.54, 1.807) is 0 Å². The standard InChI is InChI=1S/C17H28N2/c1-14-8-7-9-17(16(14)3)13-18-12-15(2)19-10-5-4-6-11-19/h7-9,15,18H,4-6,10-13H2,1-3H3. The molecule has 1 aliphatic rings. The molecule has 1 heterocycles. The van der Waals surface area contributed by atoms with Crippen LogP contribution in [0.3, 0.4) is 0 Å². The highest BCUT2D eigenvalue weighted by Gasteiger charge is 2.15. The number of nitrogens with zero attached hydrogens (tertiary/aromatic N) is 1. The summed E-state index contributed by atoms with van der Waals surface area (Å²) in [7, 11) is 0. The number of piperidine rings is 1. The zero-order valence-electron chi connectivity index (χ0n) is 12.7. The number of nitrogens with one attached hydrogen (secondary N) is 1. The van der Waals surface area contributed by atoms with E-state index in [4.69, 9.17) is 0 Å². The molecule has 1 aromatic carbocycles. The summed E-state index contributed by atoms with van der Waals surface area (Å²) in [6, 6.07) is 7.24. The molecule has 1 atom stereocenters. The molecule has 2 nitrogen and oxygen atoms in total. The van der Waals surface area contributed by atoms with Crippen LogP contribution in [0, 0.1) is 13.8 Å². The number of likely N-dealkylation sites (tertiary alicyclic amines) is 1. The van der Waals surface area contributed by atoms with Crippen LogP contribution in [0.15, 0.2) is 18.2 Å². The number of hydrogen-bond donors (Lipinski definition) is 1. The smallest absolute Gasteiger partial charge is 0.0208 e. The van der Waals surface area contributed by atoms with Gasteiger partial charge in [-0.3, -0.25) is 4.90 Å². The minimum atomic E-state index is 0.658. The Morgan fingerprint density at radius 2 is 1.89 bits per heavy atom. The van der Waals surface area contributed by atoms with E-state index in [0.717, 1.165) is 13.1 Å². The maximum atomic E-state index is 3.63. The van der Waals surface area contributed by atoms with Gasteiger partial charge in [-0.05, 0) is 63.4 Å². The van der Waals surface area contributed by atoms with Gasteiger partial charge in [-0.1, -0.05) is 24.6 Å². The molecule has 0 spiro atoms. The first-order valence-electron chi connectivity index (χ1n) is 7.68. The lowest BCUT2D eigenvalue weighted by Crippen LogP contribution is -2.43. The van der Waals surface area contributed by atoms with Crippen LogP contribution in [-0.4, -0.2) is 30.6 Å². The molecular weight excluding hydrogens is 232 g/mol. The summed E-state index contributed by atoms with van der Waals surface area (Å²) in [5, 5.41) is 3.63. The van der Waals surface area contributed by atoms with E-state index in [-0.39, 0.29) is 0 Å². The third-order valence-electron chi connectivity index (χ3n) is 4.49. The fourth-order valence-electron chi connectivity index (χ4n) is 2.91. The minimum Gasteiger partial charge on any atom is -0.311 e.